The summed E-state index contributed by atoms with van der Waals surface area (Å²) in [5, 5.41) is 4.39. The van der Waals surface area contributed by atoms with Crippen molar-refractivity contribution < 1.29 is 27.5 Å². The summed E-state index contributed by atoms with van der Waals surface area (Å²) in [6, 6.07) is 11.7. The van der Waals surface area contributed by atoms with Gasteiger partial charge in [0.25, 0.3) is 5.91 Å². The molecule has 10 heteroatoms. The van der Waals surface area contributed by atoms with Gasteiger partial charge in [-0.2, -0.15) is 4.31 Å². The summed E-state index contributed by atoms with van der Waals surface area (Å²) in [7, 11) is -2.46. The molecule has 0 bridgehead atoms. The predicted molar refractivity (Wildman–Crippen MR) is 126 cm³/mol. The topological polar surface area (TPSA) is 122 Å². The number of urea groups is 1. The zero-order chi connectivity index (χ0) is 24.9. The van der Waals surface area contributed by atoms with Gasteiger partial charge in [-0.05, 0) is 44.4 Å². The first-order valence-electron chi connectivity index (χ1n) is 11.1. The van der Waals surface area contributed by atoms with E-state index in [4.69, 9.17) is 4.74 Å². The van der Waals surface area contributed by atoms with Crippen LogP contribution in [0.1, 0.15) is 53.8 Å². The van der Waals surface area contributed by atoms with Crippen molar-refractivity contribution >= 4 is 27.9 Å². The maximum absolute atomic E-state index is 13.3. The third-order valence-electron chi connectivity index (χ3n) is 5.81. The number of esters is 1. The minimum atomic E-state index is -3.81. The summed E-state index contributed by atoms with van der Waals surface area (Å²) < 4.78 is 33.5. The van der Waals surface area contributed by atoms with Gasteiger partial charge in [0, 0.05) is 25.2 Å². The number of amides is 3. The molecule has 0 aliphatic carbocycles. The average molecular weight is 488 g/mol. The number of hydrogen-bond acceptors (Lipinski definition) is 6. The Hall–Kier alpha value is -3.24. The van der Waals surface area contributed by atoms with Gasteiger partial charge in [-0.1, -0.05) is 42.8 Å². The fourth-order valence-electron chi connectivity index (χ4n) is 3.86. The van der Waals surface area contributed by atoms with Gasteiger partial charge in [-0.15, -0.1) is 0 Å². The normalized spacial score (nSPS) is 17.4. The quantitative estimate of drug-likeness (QED) is 0.604. The standard InChI is InChI=1S/C24H29N3O6S/c1-16-12-13-19(34(31,32)27-14-8-7-9-17(27)2)15-20(16)23(29)33-21(18-10-5-4-6-11-18)22(28)26-24(30)25-3/h4-6,10-13,15,17,21H,7-9,14H2,1-3H3,(H2,25,26,28,30). The van der Waals surface area contributed by atoms with E-state index in [0.29, 0.717) is 17.7 Å². The van der Waals surface area contributed by atoms with Crippen LogP contribution in [0.3, 0.4) is 0 Å². The van der Waals surface area contributed by atoms with Crippen LogP contribution in [0.25, 0.3) is 0 Å². The molecule has 3 amide bonds. The fraction of sp³-hybridized carbons (Fsp3) is 0.375. The van der Waals surface area contributed by atoms with Crippen LogP contribution in [-0.4, -0.2) is 50.3 Å². The van der Waals surface area contributed by atoms with E-state index < -0.39 is 34.0 Å². The summed E-state index contributed by atoms with van der Waals surface area (Å²) in [4.78, 5) is 37.4. The molecule has 34 heavy (non-hydrogen) atoms. The number of sulfonamides is 1. The predicted octanol–water partition coefficient (Wildman–Crippen LogP) is 2.91. The highest BCUT2D eigenvalue weighted by atomic mass is 32.2. The van der Waals surface area contributed by atoms with Gasteiger partial charge in [0.15, 0.2) is 0 Å². The van der Waals surface area contributed by atoms with Gasteiger partial charge < -0.3 is 10.1 Å². The summed E-state index contributed by atoms with van der Waals surface area (Å²) >= 11 is 0. The van der Waals surface area contributed by atoms with Gasteiger partial charge in [-0.25, -0.2) is 18.0 Å². The molecular weight excluding hydrogens is 458 g/mol. The average Bonchev–Trinajstić information content (AvgIpc) is 2.83. The maximum atomic E-state index is 13.3. The van der Waals surface area contributed by atoms with E-state index in [1.807, 2.05) is 6.92 Å². The van der Waals surface area contributed by atoms with Crippen molar-refractivity contribution in [1.29, 1.82) is 0 Å². The summed E-state index contributed by atoms with van der Waals surface area (Å²) in [5.41, 5.74) is 0.884. The Morgan fingerprint density at radius 3 is 2.44 bits per heavy atom. The molecule has 1 aliphatic rings. The molecule has 2 aromatic carbocycles. The smallest absolute Gasteiger partial charge is 0.339 e. The molecule has 0 spiro atoms. The third kappa shape index (κ3) is 5.63. The van der Waals surface area contributed by atoms with Crippen LogP contribution in [0, 0.1) is 6.92 Å². The number of ether oxygens (including phenoxy) is 1. The molecule has 0 saturated carbocycles. The van der Waals surface area contributed by atoms with Crippen LogP contribution < -0.4 is 10.6 Å². The molecule has 2 N–H and O–H groups in total. The van der Waals surface area contributed by atoms with Gasteiger partial charge in [0.1, 0.15) is 0 Å². The summed E-state index contributed by atoms with van der Waals surface area (Å²) in [6.45, 7) is 3.95. The second-order valence-electron chi connectivity index (χ2n) is 8.20. The Kier molecular flexibility index (Phi) is 8.06. The Labute approximate surface area is 199 Å². The van der Waals surface area contributed by atoms with E-state index in [9.17, 15) is 22.8 Å². The lowest BCUT2D eigenvalue weighted by Crippen LogP contribution is -2.42. The van der Waals surface area contributed by atoms with E-state index in [-0.39, 0.29) is 16.5 Å². The molecule has 3 rings (SSSR count). The molecule has 0 radical (unpaired) electrons. The minimum absolute atomic E-state index is 0.00938. The SMILES string of the molecule is CNC(=O)NC(=O)C(OC(=O)c1cc(S(=O)(=O)N2CCCCC2C)ccc1C)c1ccccc1. The molecule has 9 nitrogen and oxygen atoms in total. The Balaban J connectivity index is 1.91. The van der Waals surface area contributed by atoms with Crippen LogP contribution in [0.4, 0.5) is 4.79 Å². The molecule has 1 fully saturated rings. The number of benzene rings is 2. The number of nitrogens with zero attached hydrogens (tertiary/aromatic N) is 1. The minimum Gasteiger partial charge on any atom is -0.444 e. The molecule has 1 heterocycles. The number of rotatable bonds is 6. The number of hydrogen-bond donors (Lipinski definition) is 2. The van der Waals surface area contributed by atoms with Crippen molar-refractivity contribution in [3.05, 3.63) is 65.2 Å². The number of imide groups is 1. The van der Waals surface area contributed by atoms with Crippen molar-refractivity contribution in [1.82, 2.24) is 14.9 Å². The lowest BCUT2D eigenvalue weighted by atomic mass is 10.1. The first-order valence-corrected chi connectivity index (χ1v) is 12.5. The van der Waals surface area contributed by atoms with E-state index >= 15 is 0 Å². The van der Waals surface area contributed by atoms with Gasteiger partial charge >= 0.3 is 12.0 Å². The van der Waals surface area contributed by atoms with Crippen LogP contribution >= 0.6 is 0 Å². The second kappa shape index (κ2) is 10.8. The molecule has 1 aliphatic heterocycles. The molecule has 0 aromatic heterocycles. The lowest BCUT2D eigenvalue weighted by molar-refractivity contribution is -0.129. The van der Waals surface area contributed by atoms with Crippen LogP contribution in [0.5, 0.6) is 0 Å². The molecule has 182 valence electrons. The van der Waals surface area contributed by atoms with Gasteiger partial charge in [0.05, 0.1) is 10.5 Å². The third-order valence-corrected chi connectivity index (χ3v) is 7.82. The van der Waals surface area contributed by atoms with Crippen molar-refractivity contribution in [3.63, 3.8) is 0 Å². The highest BCUT2D eigenvalue weighted by molar-refractivity contribution is 7.89. The Morgan fingerprint density at radius 2 is 1.79 bits per heavy atom. The molecule has 1 saturated heterocycles. The van der Waals surface area contributed by atoms with E-state index in [1.54, 1.807) is 43.3 Å². The van der Waals surface area contributed by atoms with Crippen molar-refractivity contribution in [2.24, 2.45) is 0 Å². The van der Waals surface area contributed by atoms with Gasteiger partial charge in [0.2, 0.25) is 16.1 Å². The highest BCUT2D eigenvalue weighted by Crippen LogP contribution is 2.27. The van der Waals surface area contributed by atoms with Crippen LogP contribution in [0.2, 0.25) is 0 Å². The van der Waals surface area contributed by atoms with Crippen LogP contribution in [0.15, 0.2) is 53.4 Å². The lowest BCUT2D eigenvalue weighted by Gasteiger charge is -2.32. The zero-order valence-electron chi connectivity index (χ0n) is 19.4. The maximum Gasteiger partial charge on any atom is 0.339 e. The Morgan fingerprint density at radius 1 is 1.09 bits per heavy atom. The molecule has 2 atom stereocenters. The number of carbonyl (C=O) groups is 3. The molecule has 2 unspecified atom stereocenters. The number of carbonyl (C=O) groups excluding carboxylic acids is 3. The van der Waals surface area contributed by atoms with Crippen molar-refractivity contribution in [2.45, 2.75) is 50.2 Å². The van der Waals surface area contributed by atoms with E-state index in [0.717, 1.165) is 19.3 Å². The first kappa shape index (κ1) is 25.4. The number of piperidine rings is 1. The van der Waals surface area contributed by atoms with E-state index in [2.05, 4.69) is 10.6 Å². The largest absolute Gasteiger partial charge is 0.444 e. The zero-order valence-corrected chi connectivity index (χ0v) is 20.2. The number of aryl methyl sites for hydroxylation is 1. The molecule has 2 aromatic rings. The van der Waals surface area contributed by atoms with Crippen molar-refractivity contribution in [2.75, 3.05) is 13.6 Å². The van der Waals surface area contributed by atoms with Crippen LogP contribution in [-0.2, 0) is 19.6 Å². The second-order valence-corrected chi connectivity index (χ2v) is 10.1. The number of nitrogens with one attached hydrogen (secondary N) is 2. The Bertz CT molecular complexity index is 1170. The van der Waals surface area contributed by atoms with Crippen molar-refractivity contribution in [3.8, 4) is 0 Å². The highest BCUT2D eigenvalue weighted by Gasteiger charge is 2.32. The van der Waals surface area contributed by atoms with Gasteiger partial charge in [-0.3, -0.25) is 10.1 Å². The first-order chi connectivity index (χ1) is 16.1. The molecular formula is C24H29N3O6S. The van der Waals surface area contributed by atoms with E-state index in [1.165, 1.54) is 23.5 Å². The fourth-order valence-corrected chi connectivity index (χ4v) is 5.58. The summed E-state index contributed by atoms with van der Waals surface area (Å²) in [5.74, 6) is -1.70. The monoisotopic (exact) mass is 487 g/mol. The summed E-state index contributed by atoms with van der Waals surface area (Å²) in [6.07, 6.45) is 1.12.